The summed E-state index contributed by atoms with van der Waals surface area (Å²) in [4.78, 5) is 0.812. The lowest BCUT2D eigenvalue weighted by Gasteiger charge is -2.00. The molecule has 0 aliphatic heterocycles. The Hall–Kier alpha value is -1.06. The summed E-state index contributed by atoms with van der Waals surface area (Å²) in [5.41, 5.74) is 4.50. The van der Waals surface area contributed by atoms with E-state index in [9.17, 15) is 4.39 Å². The molecule has 3 heteroatoms. The third-order valence-electron chi connectivity index (χ3n) is 1.85. The minimum atomic E-state index is -0.191. The van der Waals surface area contributed by atoms with Gasteiger partial charge in [-0.2, -0.15) is 0 Å². The molecule has 2 rings (SSSR count). The van der Waals surface area contributed by atoms with E-state index in [4.69, 9.17) is 0 Å². The summed E-state index contributed by atoms with van der Waals surface area (Å²) in [5.74, 6) is -0.191. The molecule has 0 radical (unpaired) electrons. The van der Waals surface area contributed by atoms with E-state index in [0.717, 1.165) is 10.3 Å². The van der Waals surface area contributed by atoms with Gasteiger partial charge < -0.3 is 5.73 Å². The first-order chi connectivity index (χ1) is 6.79. The maximum atomic E-state index is 13.1. The molecule has 0 unspecified atom stereocenters. The standard InChI is InChI=1S/C10H7FS.CH5N/c11-9-5-6-10(12)8-4-2-1-3-7(8)9;1-2/h1-6,12H;2H2,1H3. The molecule has 1 nitrogen and oxygen atoms in total. The van der Waals surface area contributed by atoms with Crippen LogP contribution < -0.4 is 5.73 Å². The summed E-state index contributed by atoms with van der Waals surface area (Å²) < 4.78 is 13.1. The third-order valence-corrected chi connectivity index (χ3v) is 2.24. The predicted octanol–water partition coefficient (Wildman–Crippen LogP) is 2.84. The number of benzene rings is 2. The van der Waals surface area contributed by atoms with Crippen molar-refractivity contribution >= 4 is 23.4 Å². The first-order valence-electron chi connectivity index (χ1n) is 4.23. The van der Waals surface area contributed by atoms with Crippen LogP contribution in [0.3, 0.4) is 0 Å². The Kier molecular flexibility index (Phi) is 3.92. The van der Waals surface area contributed by atoms with Gasteiger partial charge in [-0.3, -0.25) is 0 Å². The zero-order chi connectivity index (χ0) is 10.6. The van der Waals surface area contributed by atoms with Gasteiger partial charge in [0.2, 0.25) is 0 Å². The van der Waals surface area contributed by atoms with Crippen molar-refractivity contribution in [1.29, 1.82) is 0 Å². The normalized spacial score (nSPS) is 9.43. The van der Waals surface area contributed by atoms with Gasteiger partial charge in [-0.15, -0.1) is 12.6 Å². The molecule has 2 aromatic rings. The maximum absolute atomic E-state index is 13.1. The Labute approximate surface area is 88.1 Å². The van der Waals surface area contributed by atoms with Crippen LogP contribution >= 0.6 is 12.6 Å². The highest BCUT2D eigenvalue weighted by Gasteiger charge is 2.00. The lowest BCUT2D eigenvalue weighted by Crippen LogP contribution is -1.79. The first-order valence-corrected chi connectivity index (χ1v) is 4.68. The number of nitrogens with two attached hydrogens (primary N) is 1. The van der Waals surface area contributed by atoms with Crippen molar-refractivity contribution in [2.75, 3.05) is 7.05 Å². The average Bonchev–Trinajstić information content (AvgIpc) is 2.27. The number of halogens is 1. The molecule has 2 N–H and O–H groups in total. The number of hydrogen-bond acceptors (Lipinski definition) is 2. The van der Waals surface area contributed by atoms with Gasteiger partial charge in [0.05, 0.1) is 0 Å². The molecule has 0 amide bonds. The second kappa shape index (κ2) is 4.98. The Bertz CT molecular complexity index is 388. The Morgan fingerprint density at radius 1 is 1.00 bits per heavy atom. The van der Waals surface area contributed by atoms with Crippen LogP contribution in [0.15, 0.2) is 41.3 Å². The minimum Gasteiger partial charge on any atom is -0.333 e. The minimum absolute atomic E-state index is 0.191. The predicted molar refractivity (Wildman–Crippen MR) is 61.3 cm³/mol. The number of hydrogen-bond donors (Lipinski definition) is 2. The van der Waals surface area contributed by atoms with Gasteiger partial charge in [-0.05, 0) is 24.6 Å². The zero-order valence-electron chi connectivity index (χ0n) is 7.87. The van der Waals surface area contributed by atoms with Crippen LogP contribution in [-0.2, 0) is 0 Å². The van der Waals surface area contributed by atoms with Crippen LogP contribution in [0.2, 0.25) is 0 Å². The molecule has 2 aromatic carbocycles. The van der Waals surface area contributed by atoms with Crippen molar-refractivity contribution in [2.45, 2.75) is 4.90 Å². The summed E-state index contributed by atoms with van der Waals surface area (Å²) in [5, 5.41) is 1.49. The van der Waals surface area contributed by atoms with Crippen molar-refractivity contribution in [1.82, 2.24) is 0 Å². The van der Waals surface area contributed by atoms with Crippen LogP contribution in [0, 0.1) is 5.82 Å². The van der Waals surface area contributed by atoms with Gasteiger partial charge in [0.1, 0.15) is 5.82 Å². The number of thiol groups is 1. The van der Waals surface area contributed by atoms with E-state index in [2.05, 4.69) is 18.4 Å². The molecule has 74 valence electrons. The van der Waals surface area contributed by atoms with Crippen molar-refractivity contribution in [3.05, 3.63) is 42.2 Å². The van der Waals surface area contributed by atoms with Crippen molar-refractivity contribution in [3.8, 4) is 0 Å². The van der Waals surface area contributed by atoms with Crippen molar-refractivity contribution in [2.24, 2.45) is 5.73 Å². The molecule has 0 heterocycles. The highest BCUT2D eigenvalue weighted by molar-refractivity contribution is 7.80. The lowest BCUT2D eigenvalue weighted by molar-refractivity contribution is 0.639. The van der Waals surface area contributed by atoms with E-state index in [0.29, 0.717) is 5.39 Å². The van der Waals surface area contributed by atoms with Gasteiger partial charge >= 0.3 is 0 Å². The van der Waals surface area contributed by atoms with E-state index in [-0.39, 0.29) is 5.82 Å². The molecule has 0 aliphatic carbocycles. The maximum Gasteiger partial charge on any atom is 0.131 e. The van der Waals surface area contributed by atoms with E-state index in [1.54, 1.807) is 12.1 Å². The molecule has 14 heavy (non-hydrogen) atoms. The summed E-state index contributed by atoms with van der Waals surface area (Å²) >= 11 is 4.23. The monoisotopic (exact) mass is 209 g/mol. The van der Waals surface area contributed by atoms with Gasteiger partial charge in [-0.25, -0.2) is 4.39 Å². The Morgan fingerprint density at radius 3 is 2.14 bits per heavy atom. The van der Waals surface area contributed by atoms with Crippen LogP contribution in [0.4, 0.5) is 4.39 Å². The Morgan fingerprint density at radius 2 is 1.57 bits per heavy atom. The molecule has 0 fully saturated rings. The van der Waals surface area contributed by atoms with Gasteiger partial charge in [0.25, 0.3) is 0 Å². The third kappa shape index (κ3) is 2.05. The zero-order valence-corrected chi connectivity index (χ0v) is 8.76. The van der Waals surface area contributed by atoms with E-state index in [1.165, 1.54) is 13.1 Å². The second-order valence-corrected chi connectivity index (χ2v) is 3.09. The fourth-order valence-corrected chi connectivity index (χ4v) is 1.52. The van der Waals surface area contributed by atoms with Crippen LogP contribution in [0.5, 0.6) is 0 Å². The highest BCUT2D eigenvalue weighted by atomic mass is 32.1. The largest absolute Gasteiger partial charge is 0.333 e. The Balaban J connectivity index is 0.000000461. The average molecular weight is 209 g/mol. The smallest absolute Gasteiger partial charge is 0.131 e. The fraction of sp³-hybridized carbons (Fsp3) is 0.0909. The molecule has 0 saturated heterocycles. The van der Waals surface area contributed by atoms with Crippen molar-refractivity contribution in [3.63, 3.8) is 0 Å². The van der Waals surface area contributed by atoms with Gasteiger partial charge in [-0.1, -0.05) is 24.3 Å². The molecule has 0 saturated carbocycles. The van der Waals surface area contributed by atoms with Gasteiger partial charge in [0, 0.05) is 10.3 Å². The topological polar surface area (TPSA) is 26.0 Å². The molecule has 0 atom stereocenters. The molecule has 0 spiro atoms. The SMILES string of the molecule is CN.Fc1ccc(S)c2ccccc12. The lowest BCUT2D eigenvalue weighted by atomic mass is 10.1. The molecular formula is C11H12FNS. The van der Waals surface area contributed by atoms with E-state index < -0.39 is 0 Å². The van der Waals surface area contributed by atoms with E-state index in [1.807, 2.05) is 18.2 Å². The summed E-state index contributed by atoms with van der Waals surface area (Å²) in [6.45, 7) is 0. The van der Waals surface area contributed by atoms with Crippen LogP contribution in [-0.4, -0.2) is 7.05 Å². The molecule has 0 aromatic heterocycles. The van der Waals surface area contributed by atoms with Crippen LogP contribution in [0.1, 0.15) is 0 Å². The van der Waals surface area contributed by atoms with Crippen molar-refractivity contribution < 1.29 is 4.39 Å². The highest BCUT2D eigenvalue weighted by Crippen LogP contribution is 2.23. The van der Waals surface area contributed by atoms with Crippen LogP contribution in [0.25, 0.3) is 10.8 Å². The summed E-state index contributed by atoms with van der Waals surface area (Å²) in [6, 6.07) is 10.4. The molecule has 0 aliphatic rings. The quantitative estimate of drug-likeness (QED) is 0.641. The second-order valence-electron chi connectivity index (χ2n) is 2.61. The first kappa shape index (κ1) is 11.0. The molecular weight excluding hydrogens is 197 g/mol. The summed E-state index contributed by atoms with van der Waals surface area (Å²) in [7, 11) is 1.50. The van der Waals surface area contributed by atoms with Gasteiger partial charge in [0.15, 0.2) is 0 Å². The van der Waals surface area contributed by atoms with E-state index >= 15 is 0 Å². The number of rotatable bonds is 0. The molecule has 0 bridgehead atoms. The number of fused-ring (bicyclic) bond motifs is 1. The fourth-order valence-electron chi connectivity index (χ4n) is 1.25. The summed E-state index contributed by atoms with van der Waals surface area (Å²) in [6.07, 6.45) is 0.